The Morgan fingerprint density at radius 2 is 1.70 bits per heavy atom. The van der Waals surface area contributed by atoms with Crippen molar-refractivity contribution in [2.45, 2.75) is 27.0 Å². The summed E-state index contributed by atoms with van der Waals surface area (Å²) in [5.41, 5.74) is 3.92. The number of aryl methyl sites for hydroxylation is 1. The number of carbonyl (C=O) groups excluding carboxylic acids is 1. The number of nitrogens with one attached hydrogen (secondary N) is 1. The van der Waals surface area contributed by atoms with Crippen LogP contribution in [0.2, 0.25) is 0 Å². The second-order valence-electron chi connectivity index (χ2n) is 7.81. The molecule has 168 valence electrons. The third kappa shape index (κ3) is 5.66. The molecule has 0 aromatic heterocycles. The number of halogens is 1. The van der Waals surface area contributed by atoms with Crippen LogP contribution < -0.4 is 14.8 Å². The molecule has 0 saturated carbocycles. The van der Waals surface area contributed by atoms with Crippen molar-refractivity contribution >= 4 is 39.3 Å². The molecule has 4 nitrogen and oxygen atoms in total. The maximum atomic E-state index is 13.0. The van der Waals surface area contributed by atoms with Gasteiger partial charge in [-0.05, 0) is 70.5 Å². The van der Waals surface area contributed by atoms with Crippen LogP contribution in [0.4, 0.5) is 0 Å². The van der Waals surface area contributed by atoms with Gasteiger partial charge < -0.3 is 14.8 Å². The van der Waals surface area contributed by atoms with E-state index < -0.39 is 0 Å². The van der Waals surface area contributed by atoms with Gasteiger partial charge in [0.1, 0.15) is 6.61 Å². The number of rotatable bonds is 8. The van der Waals surface area contributed by atoms with Crippen molar-refractivity contribution in [3.63, 3.8) is 0 Å². The fourth-order valence-electron chi connectivity index (χ4n) is 3.67. The van der Waals surface area contributed by atoms with Crippen molar-refractivity contribution in [3.8, 4) is 11.5 Å². The minimum absolute atomic E-state index is 0.146. The molecule has 0 spiro atoms. The zero-order valence-corrected chi connectivity index (χ0v) is 20.9. The van der Waals surface area contributed by atoms with Crippen molar-refractivity contribution in [2.75, 3.05) is 6.61 Å². The third-order valence-corrected chi connectivity index (χ3v) is 6.20. The number of hydrogen-bond acceptors (Lipinski definition) is 3. The summed E-state index contributed by atoms with van der Waals surface area (Å²) in [7, 11) is 0. The number of amides is 1. The van der Waals surface area contributed by atoms with Gasteiger partial charge in [0.05, 0.1) is 10.2 Å². The second kappa shape index (κ2) is 10.7. The van der Waals surface area contributed by atoms with Gasteiger partial charge in [-0.25, -0.2) is 0 Å². The predicted octanol–water partition coefficient (Wildman–Crippen LogP) is 6.66. The Labute approximate surface area is 208 Å². The summed E-state index contributed by atoms with van der Waals surface area (Å²) in [6, 6.07) is 26.2. The zero-order valence-electron chi connectivity index (χ0n) is 18.7. The lowest BCUT2D eigenvalue weighted by Crippen LogP contribution is -2.23. The Morgan fingerprint density at radius 3 is 2.48 bits per heavy atom. The monoisotopic (exact) mass is 551 g/mol. The molecule has 0 aliphatic carbocycles. The Morgan fingerprint density at radius 1 is 0.939 bits per heavy atom. The quantitative estimate of drug-likeness (QED) is 0.249. The maximum absolute atomic E-state index is 13.0. The van der Waals surface area contributed by atoms with E-state index in [9.17, 15) is 4.79 Å². The first-order chi connectivity index (χ1) is 16.0. The molecule has 1 N–H and O–H groups in total. The minimum Gasteiger partial charge on any atom is -0.490 e. The van der Waals surface area contributed by atoms with Crippen LogP contribution in [0.5, 0.6) is 11.5 Å². The molecule has 0 heterocycles. The summed E-state index contributed by atoms with van der Waals surface area (Å²) in [5, 5.41) is 5.35. The van der Waals surface area contributed by atoms with Crippen LogP contribution in [0, 0.1) is 10.5 Å². The molecule has 0 atom stereocenters. The molecule has 4 aromatic carbocycles. The summed E-state index contributed by atoms with van der Waals surface area (Å²) in [5.74, 6) is 1.09. The number of hydrogen-bond donors (Lipinski definition) is 1. The fourth-order valence-corrected chi connectivity index (χ4v) is 4.42. The van der Waals surface area contributed by atoms with Crippen molar-refractivity contribution in [3.05, 3.63) is 105 Å². The van der Waals surface area contributed by atoms with Crippen molar-refractivity contribution in [1.82, 2.24) is 5.32 Å². The van der Waals surface area contributed by atoms with Gasteiger partial charge in [0.2, 0.25) is 0 Å². The van der Waals surface area contributed by atoms with Gasteiger partial charge in [-0.3, -0.25) is 4.79 Å². The first-order valence-corrected chi connectivity index (χ1v) is 12.0. The SMILES string of the molecule is CCOc1cc(C(=O)NCc2cccc3ccccc23)cc(I)c1OCc1ccc(C)cc1. The van der Waals surface area contributed by atoms with E-state index in [2.05, 4.69) is 77.3 Å². The highest BCUT2D eigenvalue weighted by atomic mass is 127. The van der Waals surface area contributed by atoms with Crippen molar-refractivity contribution in [2.24, 2.45) is 0 Å². The van der Waals surface area contributed by atoms with Gasteiger partial charge in [-0.15, -0.1) is 0 Å². The van der Waals surface area contributed by atoms with E-state index in [4.69, 9.17) is 9.47 Å². The van der Waals surface area contributed by atoms with Gasteiger partial charge in [-0.1, -0.05) is 72.3 Å². The molecule has 4 rings (SSSR count). The summed E-state index contributed by atoms with van der Waals surface area (Å²) < 4.78 is 12.8. The number of carbonyl (C=O) groups is 1. The van der Waals surface area contributed by atoms with E-state index in [1.54, 1.807) is 6.07 Å². The lowest BCUT2D eigenvalue weighted by atomic mass is 10.0. The van der Waals surface area contributed by atoms with Gasteiger partial charge in [-0.2, -0.15) is 0 Å². The lowest BCUT2D eigenvalue weighted by molar-refractivity contribution is 0.0950. The van der Waals surface area contributed by atoms with E-state index in [1.807, 2.05) is 37.3 Å². The minimum atomic E-state index is -0.146. The van der Waals surface area contributed by atoms with Crippen LogP contribution in [0.15, 0.2) is 78.9 Å². The topological polar surface area (TPSA) is 47.6 Å². The Hall–Kier alpha value is -3.06. The van der Waals surface area contributed by atoms with Crippen LogP contribution in [-0.2, 0) is 13.2 Å². The van der Waals surface area contributed by atoms with E-state index in [0.29, 0.717) is 36.8 Å². The fraction of sp³-hybridized carbons (Fsp3) is 0.179. The van der Waals surface area contributed by atoms with Crippen LogP contribution >= 0.6 is 22.6 Å². The van der Waals surface area contributed by atoms with Crippen molar-refractivity contribution in [1.29, 1.82) is 0 Å². The molecule has 0 unspecified atom stereocenters. The number of fused-ring (bicyclic) bond motifs is 1. The molecule has 0 radical (unpaired) electrons. The molecule has 0 fully saturated rings. The van der Waals surface area contributed by atoms with E-state index in [1.165, 1.54) is 5.56 Å². The molecule has 0 saturated heterocycles. The third-order valence-electron chi connectivity index (χ3n) is 5.39. The van der Waals surface area contributed by atoms with Gasteiger partial charge >= 0.3 is 0 Å². The first kappa shape index (κ1) is 23.1. The second-order valence-corrected chi connectivity index (χ2v) is 8.98. The average molecular weight is 551 g/mol. The van der Waals surface area contributed by atoms with Crippen LogP contribution in [0.25, 0.3) is 10.8 Å². The predicted molar refractivity (Wildman–Crippen MR) is 141 cm³/mol. The Balaban J connectivity index is 1.51. The van der Waals surface area contributed by atoms with E-state index in [0.717, 1.165) is 25.5 Å². The zero-order chi connectivity index (χ0) is 23.2. The molecule has 0 bridgehead atoms. The number of benzene rings is 4. The van der Waals surface area contributed by atoms with Gasteiger partial charge in [0.15, 0.2) is 11.5 Å². The molecule has 1 amide bonds. The van der Waals surface area contributed by atoms with Gasteiger partial charge in [0.25, 0.3) is 5.91 Å². The normalized spacial score (nSPS) is 10.8. The smallest absolute Gasteiger partial charge is 0.251 e. The van der Waals surface area contributed by atoms with Crippen LogP contribution in [0.1, 0.15) is 34.0 Å². The van der Waals surface area contributed by atoms with E-state index >= 15 is 0 Å². The molecule has 0 aliphatic rings. The molecular formula is C28H26INO3. The molecule has 4 aromatic rings. The molecular weight excluding hydrogens is 525 g/mol. The largest absolute Gasteiger partial charge is 0.490 e. The molecule has 5 heteroatoms. The Bertz CT molecular complexity index is 1260. The van der Waals surface area contributed by atoms with Crippen LogP contribution in [-0.4, -0.2) is 12.5 Å². The highest BCUT2D eigenvalue weighted by Gasteiger charge is 2.16. The standard InChI is InChI=1S/C28H26INO3/c1-3-32-26-16-23(15-25(29)27(26)33-18-20-13-11-19(2)12-14-20)28(31)30-17-22-9-6-8-21-7-4-5-10-24(21)22/h4-16H,3,17-18H2,1-2H3,(H,30,31). The first-order valence-electron chi connectivity index (χ1n) is 10.9. The number of ether oxygens (including phenoxy) is 2. The van der Waals surface area contributed by atoms with Gasteiger partial charge in [0, 0.05) is 12.1 Å². The van der Waals surface area contributed by atoms with Crippen LogP contribution in [0.3, 0.4) is 0 Å². The van der Waals surface area contributed by atoms with Crippen molar-refractivity contribution < 1.29 is 14.3 Å². The summed E-state index contributed by atoms with van der Waals surface area (Å²) >= 11 is 2.20. The molecule has 33 heavy (non-hydrogen) atoms. The Kier molecular flexibility index (Phi) is 7.50. The maximum Gasteiger partial charge on any atom is 0.251 e. The highest BCUT2D eigenvalue weighted by Crippen LogP contribution is 2.35. The lowest BCUT2D eigenvalue weighted by Gasteiger charge is -2.16. The molecule has 0 aliphatic heterocycles. The average Bonchev–Trinajstić information content (AvgIpc) is 2.83. The summed E-state index contributed by atoms with van der Waals surface area (Å²) in [6.45, 7) is 5.35. The highest BCUT2D eigenvalue weighted by molar-refractivity contribution is 14.1. The summed E-state index contributed by atoms with van der Waals surface area (Å²) in [4.78, 5) is 13.0. The van der Waals surface area contributed by atoms with E-state index in [-0.39, 0.29) is 5.91 Å². The summed E-state index contributed by atoms with van der Waals surface area (Å²) in [6.07, 6.45) is 0.